The first kappa shape index (κ1) is 17.7. The van der Waals surface area contributed by atoms with Crippen molar-refractivity contribution in [2.24, 2.45) is 0 Å². The first-order valence-corrected chi connectivity index (χ1v) is 10.6. The van der Waals surface area contributed by atoms with E-state index in [1.54, 1.807) is 35.2 Å². The zero-order valence-electron chi connectivity index (χ0n) is 19.3. The number of carbonyl (C=O) groups excluding carboxylic acids is 2. The number of ether oxygens (including phenoxy) is 2. The Labute approximate surface area is 184 Å². The van der Waals surface area contributed by atoms with Gasteiger partial charge in [-0.2, -0.15) is 0 Å². The van der Waals surface area contributed by atoms with Crippen LogP contribution in [0.4, 0.5) is 4.79 Å². The van der Waals surface area contributed by atoms with Crippen molar-refractivity contribution in [1.82, 2.24) is 9.80 Å². The van der Waals surface area contributed by atoms with Crippen molar-refractivity contribution in [2.75, 3.05) is 26.7 Å². The molecule has 1 aliphatic rings. The molecule has 1 amide bonds. The van der Waals surface area contributed by atoms with Crippen LogP contribution < -0.4 is 4.74 Å². The summed E-state index contributed by atoms with van der Waals surface area (Å²) < 4.78 is 32.2. The molecule has 3 rings (SSSR count). The van der Waals surface area contributed by atoms with Gasteiger partial charge < -0.3 is 14.4 Å². The van der Waals surface area contributed by atoms with E-state index in [1.165, 1.54) is 11.3 Å². The molecule has 156 valence electrons. The number of carbonyl (C=O) groups is 2. The Kier molecular flexibility index (Phi) is 5.88. The van der Waals surface area contributed by atoms with Crippen LogP contribution in [-0.4, -0.2) is 48.5 Å². The van der Waals surface area contributed by atoms with Crippen molar-refractivity contribution in [3.63, 3.8) is 0 Å². The summed E-state index contributed by atoms with van der Waals surface area (Å²) in [5.74, 6) is -0.884. The third-order valence-electron chi connectivity index (χ3n) is 4.97. The number of amides is 1. The molecule has 1 atom stereocenters. The van der Waals surface area contributed by atoms with Crippen molar-refractivity contribution in [2.45, 2.75) is 32.9 Å². The second kappa shape index (κ2) is 9.61. The van der Waals surface area contributed by atoms with Crippen LogP contribution in [0.3, 0.4) is 0 Å². The number of rotatable bonds is 6. The van der Waals surface area contributed by atoms with Crippen LogP contribution in [0.15, 0.2) is 30.3 Å². The van der Waals surface area contributed by atoms with Crippen molar-refractivity contribution >= 4 is 35.0 Å². The molecule has 29 heavy (non-hydrogen) atoms. The first-order chi connectivity index (χ1) is 15.1. The van der Waals surface area contributed by atoms with E-state index in [2.05, 4.69) is 0 Å². The van der Waals surface area contributed by atoms with E-state index in [0.717, 1.165) is 10.4 Å². The lowest BCUT2D eigenvalue weighted by Gasteiger charge is -2.33. The number of fused-ring (bicyclic) bond motifs is 1. The molecule has 1 aromatic carbocycles. The Balaban J connectivity index is 1.84. The van der Waals surface area contributed by atoms with E-state index in [0.29, 0.717) is 48.2 Å². The van der Waals surface area contributed by atoms with E-state index in [1.807, 2.05) is 18.7 Å². The summed E-state index contributed by atoms with van der Waals surface area (Å²) in [6.07, 6.45) is 0.214. The molecule has 0 spiro atoms. The summed E-state index contributed by atoms with van der Waals surface area (Å²) >= 11 is 7.74. The summed E-state index contributed by atoms with van der Waals surface area (Å²) in [4.78, 5) is 29.6. The third-order valence-corrected chi connectivity index (χ3v) is 6.43. The molecule has 0 N–H and O–H groups in total. The zero-order valence-corrected chi connectivity index (χ0v) is 17.9. The van der Waals surface area contributed by atoms with Crippen molar-refractivity contribution in [1.29, 1.82) is 0 Å². The number of nitrogens with zero attached hydrogens (tertiary/aromatic N) is 2. The highest BCUT2D eigenvalue weighted by molar-refractivity contribution is 7.14. The number of esters is 1. The maximum absolute atomic E-state index is 12.9. The Morgan fingerprint density at radius 3 is 2.79 bits per heavy atom. The Hall–Kier alpha value is -2.09. The molecular weight excluding hydrogens is 412 g/mol. The molecule has 0 aliphatic carbocycles. The van der Waals surface area contributed by atoms with Crippen LogP contribution in [0.25, 0.3) is 0 Å². The van der Waals surface area contributed by atoms with Crippen molar-refractivity contribution < 1.29 is 23.2 Å². The minimum absolute atomic E-state index is 0.352. The number of benzene rings is 1. The smallest absolute Gasteiger partial charge is 0.416 e. The van der Waals surface area contributed by atoms with Gasteiger partial charge in [0.15, 0.2) is 5.06 Å². The molecule has 6 nitrogen and oxygen atoms in total. The first-order valence-electron chi connectivity index (χ1n) is 10.9. The van der Waals surface area contributed by atoms with Gasteiger partial charge in [-0.05, 0) is 43.5 Å². The van der Waals surface area contributed by atoms with Crippen LogP contribution in [0, 0.1) is 0 Å². The van der Waals surface area contributed by atoms with Gasteiger partial charge >= 0.3 is 12.1 Å². The van der Waals surface area contributed by atoms with E-state index >= 15 is 0 Å². The average Bonchev–Trinajstić information content (AvgIpc) is 3.10. The van der Waals surface area contributed by atoms with Gasteiger partial charge in [0, 0.05) is 36.1 Å². The largest absolute Gasteiger partial charge is 0.468 e. The molecular formula is C21H25ClN2O4S. The lowest BCUT2D eigenvalue weighted by molar-refractivity contribution is -0.147. The summed E-state index contributed by atoms with van der Waals surface area (Å²) in [5.41, 5.74) is 1.40. The third kappa shape index (κ3) is 4.74. The molecule has 8 heteroatoms. The predicted molar refractivity (Wildman–Crippen MR) is 114 cm³/mol. The van der Waals surface area contributed by atoms with Gasteiger partial charge in [0.2, 0.25) is 0 Å². The average molecular weight is 440 g/mol. The van der Waals surface area contributed by atoms with Crippen LogP contribution in [0.5, 0.6) is 5.06 Å². The molecule has 0 bridgehead atoms. The van der Waals surface area contributed by atoms with Crippen LogP contribution >= 0.6 is 22.9 Å². The highest BCUT2D eigenvalue weighted by Gasteiger charge is 2.33. The second-order valence-corrected chi connectivity index (χ2v) is 8.13. The molecule has 0 saturated carbocycles. The van der Waals surface area contributed by atoms with Gasteiger partial charge in [-0.15, -0.1) is 11.3 Å². The summed E-state index contributed by atoms with van der Waals surface area (Å²) in [7, 11) is -2.86. The monoisotopic (exact) mass is 439 g/mol. The number of hydrogen-bond donors (Lipinski definition) is 0. The molecule has 0 saturated heterocycles. The van der Waals surface area contributed by atoms with Gasteiger partial charge in [-0.1, -0.05) is 29.8 Å². The highest BCUT2D eigenvalue weighted by Crippen LogP contribution is 2.37. The lowest BCUT2D eigenvalue weighted by Crippen LogP contribution is -2.38. The fourth-order valence-electron chi connectivity index (χ4n) is 3.46. The fourth-order valence-corrected chi connectivity index (χ4v) is 4.70. The van der Waals surface area contributed by atoms with Crippen LogP contribution in [0.2, 0.25) is 5.02 Å². The van der Waals surface area contributed by atoms with Gasteiger partial charge in [-0.25, -0.2) is 9.59 Å². The normalized spacial score (nSPS) is 16.7. The van der Waals surface area contributed by atoms with Gasteiger partial charge in [0.05, 0.1) is 11.2 Å². The Morgan fingerprint density at radius 1 is 1.34 bits per heavy atom. The Morgan fingerprint density at radius 2 is 2.10 bits per heavy atom. The fraction of sp³-hybridized carbons (Fsp3) is 0.429. The van der Waals surface area contributed by atoms with E-state index in [-0.39, 0.29) is 0 Å². The minimum Gasteiger partial charge on any atom is -0.468 e. The highest BCUT2D eigenvalue weighted by atomic mass is 35.5. The van der Waals surface area contributed by atoms with Gasteiger partial charge in [-0.3, -0.25) is 4.90 Å². The topological polar surface area (TPSA) is 59.1 Å². The van der Waals surface area contributed by atoms with E-state index in [4.69, 9.17) is 25.2 Å². The summed E-state index contributed by atoms with van der Waals surface area (Å²) in [6.45, 7) is 5.73. The number of thiophene rings is 1. The van der Waals surface area contributed by atoms with Crippen molar-refractivity contribution in [3.05, 3.63) is 51.4 Å². The molecule has 1 aliphatic heterocycles. The van der Waals surface area contributed by atoms with E-state index < -0.39 is 25.1 Å². The lowest BCUT2D eigenvalue weighted by atomic mass is 10.0. The Bertz CT molecular complexity index is 978. The molecule has 0 fully saturated rings. The number of halogens is 1. The summed E-state index contributed by atoms with van der Waals surface area (Å²) in [5, 5.41) is 0.845. The predicted octanol–water partition coefficient (Wildman–Crippen LogP) is 4.51. The molecule has 2 heterocycles. The van der Waals surface area contributed by atoms with E-state index in [9.17, 15) is 9.59 Å². The molecule has 2 aromatic rings. The minimum atomic E-state index is -2.86. The maximum atomic E-state index is 12.9. The second-order valence-electron chi connectivity index (χ2n) is 6.62. The number of methoxy groups -OCH3 is 1. The molecule has 0 radical (unpaired) electrons. The van der Waals surface area contributed by atoms with Gasteiger partial charge in [0.25, 0.3) is 0 Å². The van der Waals surface area contributed by atoms with Crippen molar-refractivity contribution in [3.8, 4) is 5.06 Å². The standard InChI is InChI=1S/C21H25ClN2O4S/c1-4-23(5-2)21(26)28-18-12-14-13-24(11-10-17(14)29-18)19(20(25)27-3)15-8-6-7-9-16(15)22/h6-9,12,19H,4-5,10-11,13H2,1-3H3/t19-/m0/s1/i3D3. The SMILES string of the molecule is [2H]C([2H])([2H])OC(=O)[C@H](c1ccccc1Cl)N1CCc2sc(OC(=O)N(CC)CC)cc2C1. The quantitative estimate of drug-likeness (QED) is 0.619. The van der Waals surface area contributed by atoms with Crippen LogP contribution in [0.1, 0.15) is 40.0 Å². The zero-order chi connectivity index (χ0) is 23.5. The number of hydrogen-bond acceptors (Lipinski definition) is 6. The van der Waals surface area contributed by atoms with Gasteiger partial charge in [0.1, 0.15) is 6.04 Å². The summed E-state index contributed by atoms with van der Waals surface area (Å²) in [6, 6.07) is 7.64. The maximum Gasteiger partial charge on any atom is 0.416 e. The molecule has 0 unspecified atom stereocenters. The molecule has 1 aromatic heterocycles. The van der Waals surface area contributed by atoms with Crippen LogP contribution in [-0.2, 0) is 22.5 Å².